The highest BCUT2D eigenvalue weighted by molar-refractivity contribution is 5.89. The molecule has 0 bridgehead atoms. The largest absolute Gasteiger partial charge is 0.459 e. The van der Waals surface area contributed by atoms with Gasteiger partial charge in [-0.1, -0.05) is 13.5 Å². The van der Waals surface area contributed by atoms with Crippen LogP contribution in [0, 0.1) is 0 Å². The maximum atomic E-state index is 11.7. The van der Waals surface area contributed by atoms with Gasteiger partial charge in [0.1, 0.15) is 5.60 Å². The zero-order chi connectivity index (χ0) is 15.2. The van der Waals surface area contributed by atoms with Gasteiger partial charge >= 0.3 is 12.1 Å². The van der Waals surface area contributed by atoms with Gasteiger partial charge in [-0.3, -0.25) is 0 Å². The average Bonchev–Trinajstić information content (AvgIpc) is 2.26. The number of rotatable bonds is 5. The second kappa shape index (κ2) is 7.16. The van der Waals surface area contributed by atoms with Gasteiger partial charge in [0, 0.05) is 12.6 Å². The summed E-state index contributed by atoms with van der Waals surface area (Å²) in [6.45, 7) is 12.8. The van der Waals surface area contributed by atoms with Crippen molar-refractivity contribution in [3.05, 3.63) is 12.2 Å². The molecule has 1 atom stereocenters. The number of carbonyl (C=O) groups is 2. The number of carbonyl (C=O) groups excluding carboxylic acids is 2. The van der Waals surface area contributed by atoms with Crippen molar-refractivity contribution in [2.24, 2.45) is 0 Å². The van der Waals surface area contributed by atoms with Crippen LogP contribution in [0.1, 0.15) is 41.0 Å². The van der Waals surface area contributed by atoms with Gasteiger partial charge < -0.3 is 14.4 Å². The van der Waals surface area contributed by atoms with Crippen LogP contribution in [0.3, 0.4) is 0 Å². The lowest BCUT2D eigenvalue weighted by molar-refractivity contribution is -0.143. The molecule has 5 heteroatoms. The first kappa shape index (κ1) is 17.5. The Balaban J connectivity index is 4.33. The molecule has 0 aliphatic rings. The predicted octanol–water partition coefficient (Wildman–Crippen LogP) is 2.75. The fraction of sp³-hybridized carbons (Fsp3) is 0.714. The molecule has 0 heterocycles. The number of ether oxygens (including phenoxy) is 2. The van der Waals surface area contributed by atoms with Crippen LogP contribution >= 0.6 is 0 Å². The molecule has 0 N–H and O–H groups in total. The number of hydrogen-bond donors (Lipinski definition) is 0. The van der Waals surface area contributed by atoms with Crippen LogP contribution in [0.15, 0.2) is 12.2 Å². The molecular weight excluding hydrogens is 246 g/mol. The maximum absolute atomic E-state index is 11.7. The fourth-order valence-corrected chi connectivity index (χ4v) is 1.10. The second-order valence-electron chi connectivity index (χ2n) is 5.56. The van der Waals surface area contributed by atoms with Crippen molar-refractivity contribution in [2.45, 2.75) is 52.7 Å². The Hall–Kier alpha value is -1.52. The highest BCUT2D eigenvalue weighted by atomic mass is 16.6. The molecule has 0 aliphatic heterocycles. The lowest BCUT2D eigenvalue weighted by Gasteiger charge is -2.25. The SMILES string of the molecule is C=C(CN(C)C(=O)OC(C)(C)C)C(=O)OC(C)CC. The van der Waals surface area contributed by atoms with E-state index < -0.39 is 17.7 Å². The lowest BCUT2D eigenvalue weighted by atomic mass is 10.2. The smallest absolute Gasteiger partial charge is 0.410 e. The third-order valence-corrected chi connectivity index (χ3v) is 2.31. The molecule has 0 saturated carbocycles. The molecule has 0 rings (SSSR count). The summed E-state index contributed by atoms with van der Waals surface area (Å²) in [5.74, 6) is -0.482. The molecule has 0 radical (unpaired) electrons. The molecule has 19 heavy (non-hydrogen) atoms. The van der Waals surface area contributed by atoms with Crippen molar-refractivity contribution in [3.8, 4) is 0 Å². The lowest BCUT2D eigenvalue weighted by Crippen LogP contribution is -2.36. The van der Waals surface area contributed by atoms with Crippen LogP contribution in [0.2, 0.25) is 0 Å². The molecule has 0 saturated heterocycles. The molecule has 0 fully saturated rings. The summed E-state index contributed by atoms with van der Waals surface area (Å²) in [6.07, 6.45) is 0.0852. The first-order valence-electron chi connectivity index (χ1n) is 6.39. The highest BCUT2D eigenvalue weighted by Gasteiger charge is 2.22. The van der Waals surface area contributed by atoms with E-state index in [1.807, 2.05) is 13.8 Å². The molecule has 0 spiro atoms. The normalized spacial score (nSPS) is 12.5. The third-order valence-electron chi connectivity index (χ3n) is 2.31. The minimum Gasteiger partial charge on any atom is -0.459 e. The van der Waals surface area contributed by atoms with Gasteiger partial charge in [-0.15, -0.1) is 0 Å². The topological polar surface area (TPSA) is 55.8 Å². The van der Waals surface area contributed by atoms with Gasteiger partial charge in [-0.2, -0.15) is 0 Å². The Labute approximate surface area is 115 Å². The Morgan fingerprint density at radius 1 is 1.32 bits per heavy atom. The van der Waals surface area contributed by atoms with E-state index in [9.17, 15) is 9.59 Å². The molecule has 0 aromatic rings. The van der Waals surface area contributed by atoms with Crippen LogP contribution in [0.5, 0.6) is 0 Å². The summed E-state index contributed by atoms with van der Waals surface area (Å²) in [7, 11) is 1.55. The quantitative estimate of drug-likeness (QED) is 0.570. The van der Waals surface area contributed by atoms with Crippen LogP contribution in [0.25, 0.3) is 0 Å². The van der Waals surface area contributed by atoms with Crippen LogP contribution in [-0.2, 0) is 14.3 Å². The predicted molar refractivity (Wildman–Crippen MR) is 73.8 cm³/mol. The number of amides is 1. The monoisotopic (exact) mass is 271 g/mol. The number of likely N-dealkylation sites (N-methyl/N-ethyl adjacent to an activating group) is 1. The Kier molecular flexibility index (Phi) is 6.59. The van der Waals surface area contributed by atoms with E-state index in [4.69, 9.17) is 9.47 Å². The van der Waals surface area contributed by atoms with Crippen LogP contribution < -0.4 is 0 Å². The Morgan fingerprint density at radius 3 is 2.26 bits per heavy atom. The van der Waals surface area contributed by atoms with Gasteiger partial charge in [-0.05, 0) is 34.1 Å². The summed E-state index contributed by atoms with van der Waals surface area (Å²) in [4.78, 5) is 24.7. The summed E-state index contributed by atoms with van der Waals surface area (Å²) >= 11 is 0. The Morgan fingerprint density at radius 2 is 1.84 bits per heavy atom. The molecule has 0 aliphatic carbocycles. The summed E-state index contributed by atoms with van der Waals surface area (Å²) in [6, 6.07) is 0. The van der Waals surface area contributed by atoms with Crippen molar-refractivity contribution in [3.63, 3.8) is 0 Å². The summed E-state index contributed by atoms with van der Waals surface area (Å²) in [5.41, 5.74) is -0.335. The number of nitrogens with zero attached hydrogens (tertiary/aromatic N) is 1. The highest BCUT2D eigenvalue weighted by Crippen LogP contribution is 2.10. The maximum Gasteiger partial charge on any atom is 0.410 e. The first-order chi connectivity index (χ1) is 8.56. The summed E-state index contributed by atoms with van der Waals surface area (Å²) in [5, 5.41) is 0. The van der Waals surface area contributed by atoms with Crippen molar-refractivity contribution in [2.75, 3.05) is 13.6 Å². The molecule has 0 aromatic heterocycles. The Bertz CT molecular complexity index is 344. The van der Waals surface area contributed by atoms with E-state index >= 15 is 0 Å². The zero-order valence-electron chi connectivity index (χ0n) is 12.8. The minimum atomic E-state index is -0.566. The van der Waals surface area contributed by atoms with Gasteiger partial charge in [0.15, 0.2) is 0 Å². The third kappa shape index (κ3) is 7.49. The summed E-state index contributed by atoms with van der Waals surface area (Å²) < 4.78 is 10.3. The average molecular weight is 271 g/mol. The molecule has 1 unspecified atom stereocenters. The number of esters is 1. The zero-order valence-corrected chi connectivity index (χ0v) is 12.8. The second-order valence-corrected chi connectivity index (χ2v) is 5.56. The fourth-order valence-electron chi connectivity index (χ4n) is 1.10. The first-order valence-corrected chi connectivity index (χ1v) is 6.39. The van der Waals surface area contributed by atoms with E-state index in [-0.39, 0.29) is 18.2 Å². The molecule has 110 valence electrons. The van der Waals surface area contributed by atoms with Crippen LogP contribution in [0.4, 0.5) is 4.79 Å². The van der Waals surface area contributed by atoms with E-state index in [0.29, 0.717) is 0 Å². The van der Waals surface area contributed by atoms with Crippen LogP contribution in [-0.4, -0.2) is 42.3 Å². The molecular formula is C14H25NO4. The van der Waals surface area contributed by atoms with Gasteiger partial charge in [0.2, 0.25) is 0 Å². The van der Waals surface area contributed by atoms with Crippen molar-refractivity contribution in [1.82, 2.24) is 4.90 Å². The van der Waals surface area contributed by atoms with Gasteiger partial charge in [0.25, 0.3) is 0 Å². The molecule has 0 aromatic carbocycles. The van der Waals surface area contributed by atoms with E-state index in [0.717, 1.165) is 6.42 Å². The minimum absolute atomic E-state index is 0.0875. The van der Waals surface area contributed by atoms with Gasteiger partial charge in [-0.25, -0.2) is 9.59 Å². The molecule has 1 amide bonds. The van der Waals surface area contributed by atoms with E-state index in [1.165, 1.54) is 4.90 Å². The molecule has 5 nitrogen and oxygen atoms in total. The van der Waals surface area contributed by atoms with Crippen molar-refractivity contribution >= 4 is 12.1 Å². The van der Waals surface area contributed by atoms with E-state index in [2.05, 4.69) is 6.58 Å². The van der Waals surface area contributed by atoms with E-state index in [1.54, 1.807) is 27.8 Å². The number of hydrogen-bond acceptors (Lipinski definition) is 4. The standard InChI is InChI=1S/C14H25NO4/c1-8-11(3)18-12(16)10(2)9-15(7)13(17)19-14(4,5)6/h11H,2,8-9H2,1,3-7H3. The van der Waals surface area contributed by atoms with Gasteiger partial charge in [0.05, 0.1) is 12.6 Å². The van der Waals surface area contributed by atoms with Crippen molar-refractivity contribution < 1.29 is 19.1 Å². The van der Waals surface area contributed by atoms with Crippen molar-refractivity contribution in [1.29, 1.82) is 0 Å².